The Balaban J connectivity index is 1.75. The minimum absolute atomic E-state index is 0.325. The van der Waals surface area contributed by atoms with Crippen LogP contribution < -0.4 is 0 Å². The number of carbonyl (C=O) groups is 1. The molecule has 4 aliphatic rings. The Morgan fingerprint density at radius 2 is 1.30 bits per heavy atom. The van der Waals surface area contributed by atoms with Crippen molar-refractivity contribution in [2.45, 2.75) is 25.7 Å². The highest BCUT2D eigenvalue weighted by molar-refractivity contribution is 6.01. The summed E-state index contributed by atoms with van der Waals surface area (Å²) < 4.78 is 0. The molecule has 0 aromatic rings. The molecule has 0 saturated heterocycles. The second-order valence-electron chi connectivity index (χ2n) is 4.85. The number of Topliss-reactive ketones (excluding diaryl/α,β-unsaturated/α-hetero) is 1. The van der Waals surface area contributed by atoms with E-state index in [-0.39, 0.29) is 0 Å². The van der Waals surface area contributed by atoms with Crippen LogP contribution in [0.1, 0.15) is 25.7 Å². The topological polar surface area (TPSA) is 17.1 Å². The highest BCUT2D eigenvalue weighted by Crippen LogP contribution is 2.85. The summed E-state index contributed by atoms with van der Waals surface area (Å²) in [5.41, 5.74) is 0.649. The van der Waals surface area contributed by atoms with Crippen molar-refractivity contribution in [3.8, 4) is 0 Å². The molecule has 10 heavy (non-hydrogen) atoms. The van der Waals surface area contributed by atoms with Crippen molar-refractivity contribution in [3.05, 3.63) is 0 Å². The van der Waals surface area contributed by atoms with E-state index in [4.69, 9.17) is 0 Å². The van der Waals surface area contributed by atoms with Gasteiger partial charge in [-0.25, -0.2) is 0 Å². The van der Waals surface area contributed by atoms with Crippen molar-refractivity contribution in [3.63, 3.8) is 0 Å². The van der Waals surface area contributed by atoms with Crippen molar-refractivity contribution in [1.82, 2.24) is 0 Å². The van der Waals surface area contributed by atoms with Gasteiger partial charge in [0.1, 0.15) is 5.78 Å². The van der Waals surface area contributed by atoms with Gasteiger partial charge in [-0.1, -0.05) is 0 Å². The van der Waals surface area contributed by atoms with Crippen LogP contribution >= 0.6 is 0 Å². The zero-order chi connectivity index (χ0) is 6.56. The fourth-order valence-electron chi connectivity index (χ4n) is 2.64. The molecule has 0 aromatic carbocycles. The first kappa shape index (κ1) is 4.53. The van der Waals surface area contributed by atoms with Crippen molar-refractivity contribution >= 4 is 5.78 Å². The maximum Gasteiger partial charge on any atom is 0.145 e. The molecule has 0 unspecified atom stereocenters. The summed E-state index contributed by atoms with van der Waals surface area (Å²) >= 11 is 0. The van der Waals surface area contributed by atoms with Gasteiger partial charge in [0.15, 0.2) is 0 Å². The van der Waals surface area contributed by atoms with Gasteiger partial charge in [-0.05, 0) is 37.5 Å². The Bertz CT molecular complexity index is 228. The normalized spacial score (nSPS) is 71.6. The van der Waals surface area contributed by atoms with E-state index in [0.29, 0.717) is 16.6 Å². The van der Waals surface area contributed by atoms with Gasteiger partial charge in [-0.15, -0.1) is 0 Å². The monoisotopic (exact) mass is 134 g/mol. The Kier molecular flexibility index (Phi) is 0.379. The average molecular weight is 134 g/mol. The number of fused-ring (bicyclic) bond motifs is 2. The largest absolute Gasteiger partial charge is 0.298 e. The number of hydrogen-bond donors (Lipinski definition) is 0. The van der Waals surface area contributed by atoms with Gasteiger partial charge in [0, 0.05) is 10.8 Å². The predicted octanol–water partition coefficient (Wildman–Crippen LogP) is 1.38. The molecule has 0 bridgehead atoms. The van der Waals surface area contributed by atoms with Crippen molar-refractivity contribution in [2.75, 3.05) is 0 Å². The molecule has 0 radical (unpaired) electrons. The molecule has 0 aliphatic heterocycles. The van der Waals surface area contributed by atoms with Gasteiger partial charge in [0.05, 0.1) is 0 Å². The van der Waals surface area contributed by atoms with E-state index in [2.05, 4.69) is 0 Å². The van der Waals surface area contributed by atoms with E-state index in [1.54, 1.807) is 0 Å². The minimum atomic E-state index is 0.325. The van der Waals surface area contributed by atoms with Crippen LogP contribution in [0.4, 0.5) is 0 Å². The molecule has 0 N–H and O–H groups in total. The van der Waals surface area contributed by atoms with Gasteiger partial charge in [0.25, 0.3) is 0 Å². The van der Waals surface area contributed by atoms with Crippen LogP contribution in [0.2, 0.25) is 0 Å². The SMILES string of the molecule is O=C(C12CC1C2)C12CC1C2. The molecule has 4 fully saturated rings. The van der Waals surface area contributed by atoms with Gasteiger partial charge >= 0.3 is 0 Å². The summed E-state index contributed by atoms with van der Waals surface area (Å²) in [5, 5.41) is 0. The van der Waals surface area contributed by atoms with Gasteiger partial charge in [-0.2, -0.15) is 0 Å². The van der Waals surface area contributed by atoms with Crippen molar-refractivity contribution in [1.29, 1.82) is 0 Å². The lowest BCUT2D eigenvalue weighted by molar-refractivity contribution is -0.125. The zero-order valence-electron chi connectivity index (χ0n) is 5.89. The maximum atomic E-state index is 11.7. The van der Waals surface area contributed by atoms with Crippen molar-refractivity contribution < 1.29 is 4.79 Å². The molecule has 4 saturated carbocycles. The summed E-state index contributed by atoms with van der Waals surface area (Å²) in [5.74, 6) is 2.43. The standard InChI is InChI=1S/C9H10O/c10-7(8-1-5(8)2-8)9-3-6(9)4-9/h5-6H,1-4H2. The third-order valence-electron chi connectivity index (χ3n) is 4.27. The van der Waals surface area contributed by atoms with E-state index in [9.17, 15) is 4.79 Å². The quantitative estimate of drug-likeness (QED) is 0.557. The summed E-state index contributed by atoms with van der Waals surface area (Å²) in [6.45, 7) is 0. The number of carbonyl (C=O) groups excluding carboxylic acids is 1. The van der Waals surface area contributed by atoms with E-state index in [0.717, 1.165) is 11.8 Å². The van der Waals surface area contributed by atoms with Crippen molar-refractivity contribution in [2.24, 2.45) is 22.7 Å². The third kappa shape index (κ3) is 0.268. The second-order valence-corrected chi connectivity index (χ2v) is 4.85. The molecule has 0 amide bonds. The van der Waals surface area contributed by atoms with Crippen LogP contribution in [0, 0.1) is 22.7 Å². The van der Waals surface area contributed by atoms with Crippen LogP contribution in [-0.2, 0) is 4.79 Å². The molecular formula is C9H10O. The number of rotatable bonds is 2. The zero-order valence-corrected chi connectivity index (χ0v) is 5.89. The van der Waals surface area contributed by atoms with Crippen LogP contribution in [0.3, 0.4) is 0 Å². The fourth-order valence-corrected chi connectivity index (χ4v) is 2.64. The molecule has 0 spiro atoms. The summed E-state index contributed by atoms with van der Waals surface area (Å²) in [7, 11) is 0. The van der Waals surface area contributed by atoms with Crippen LogP contribution in [0.15, 0.2) is 0 Å². The second kappa shape index (κ2) is 0.838. The molecule has 0 heterocycles. The highest BCUT2D eigenvalue weighted by Gasteiger charge is 2.85. The minimum Gasteiger partial charge on any atom is -0.298 e. The molecule has 0 atom stereocenters. The Hall–Kier alpha value is -0.330. The smallest absolute Gasteiger partial charge is 0.145 e. The van der Waals surface area contributed by atoms with E-state index >= 15 is 0 Å². The number of hydrogen-bond acceptors (Lipinski definition) is 1. The molecule has 52 valence electrons. The van der Waals surface area contributed by atoms with Gasteiger partial charge in [0.2, 0.25) is 0 Å². The molecule has 4 aliphatic carbocycles. The Morgan fingerprint density at radius 1 is 1.00 bits per heavy atom. The lowest BCUT2D eigenvalue weighted by Gasteiger charge is -2.03. The van der Waals surface area contributed by atoms with Crippen LogP contribution in [-0.4, -0.2) is 5.78 Å². The first-order valence-corrected chi connectivity index (χ1v) is 4.33. The molecule has 1 heteroatoms. The summed E-state index contributed by atoms with van der Waals surface area (Å²) in [6.07, 6.45) is 5.06. The summed E-state index contributed by atoms with van der Waals surface area (Å²) in [6, 6.07) is 0. The van der Waals surface area contributed by atoms with Gasteiger partial charge < -0.3 is 0 Å². The first-order chi connectivity index (χ1) is 4.78. The maximum absolute atomic E-state index is 11.7. The lowest BCUT2D eigenvalue weighted by atomic mass is 9.99. The predicted molar refractivity (Wildman–Crippen MR) is 35.3 cm³/mol. The summed E-state index contributed by atoms with van der Waals surface area (Å²) in [4.78, 5) is 11.7. The van der Waals surface area contributed by atoms with Gasteiger partial charge in [-0.3, -0.25) is 4.79 Å². The van der Waals surface area contributed by atoms with E-state index < -0.39 is 0 Å². The average Bonchev–Trinajstić information content (AvgIpc) is 2.56. The third-order valence-corrected chi connectivity index (χ3v) is 4.27. The molecule has 0 aromatic heterocycles. The first-order valence-electron chi connectivity index (χ1n) is 4.33. The highest BCUT2D eigenvalue weighted by atomic mass is 16.1. The molecular weight excluding hydrogens is 124 g/mol. The van der Waals surface area contributed by atoms with E-state index in [1.807, 2.05) is 0 Å². The molecule has 1 nitrogen and oxygen atoms in total. The van der Waals surface area contributed by atoms with Crippen LogP contribution in [0.5, 0.6) is 0 Å². The molecule has 4 rings (SSSR count). The van der Waals surface area contributed by atoms with Crippen LogP contribution in [0.25, 0.3) is 0 Å². The Labute approximate surface area is 59.8 Å². The van der Waals surface area contributed by atoms with E-state index in [1.165, 1.54) is 25.7 Å². The Morgan fingerprint density at radius 3 is 1.50 bits per heavy atom. The number of ketones is 1. The fraction of sp³-hybridized carbons (Fsp3) is 0.889. The lowest BCUT2D eigenvalue weighted by Crippen LogP contribution is -2.13.